The van der Waals surface area contributed by atoms with Gasteiger partial charge < -0.3 is 14.0 Å². The molecule has 0 spiro atoms. The summed E-state index contributed by atoms with van der Waals surface area (Å²) in [5, 5.41) is 2.35. The summed E-state index contributed by atoms with van der Waals surface area (Å²) in [4.78, 5) is 36.9. The van der Waals surface area contributed by atoms with Gasteiger partial charge in [0.25, 0.3) is 11.8 Å². The second kappa shape index (κ2) is 8.34. The van der Waals surface area contributed by atoms with Gasteiger partial charge in [-0.1, -0.05) is 72.8 Å². The number of para-hydroxylation sites is 1. The summed E-state index contributed by atoms with van der Waals surface area (Å²) in [5.41, 5.74) is 4.33. The molecule has 6 nitrogen and oxygen atoms in total. The molecule has 1 aliphatic heterocycles. The highest BCUT2D eigenvalue weighted by Crippen LogP contribution is 2.46. The van der Waals surface area contributed by atoms with Crippen LogP contribution in [0.2, 0.25) is 36.3 Å². The number of hydrogen-bond donors (Lipinski definition) is 1. The Morgan fingerprint density at radius 2 is 1.53 bits per heavy atom. The summed E-state index contributed by atoms with van der Waals surface area (Å²) in [6, 6.07) is 9.96. The number of aromatic nitrogens is 2. The lowest BCUT2D eigenvalue weighted by molar-refractivity contribution is 0.0747. The van der Waals surface area contributed by atoms with Gasteiger partial charge in [-0.2, -0.15) is 0 Å². The van der Waals surface area contributed by atoms with Gasteiger partial charge in [-0.25, -0.2) is 0 Å². The standard InChI is InChI=1S/C30H39N3O3Si2/c1-29(2,3)37(7,8)33-27(34)23-20-15-18(17-36-38(9,10)30(4,5)6)16-31-25(20)26-22(24(23)28(33)35)19-13-11-12-14-21(19)32-26/h11-16,32H,17H2,1-10H3. The lowest BCUT2D eigenvalue weighted by Crippen LogP contribution is -2.57. The van der Waals surface area contributed by atoms with E-state index in [1.807, 2.05) is 36.5 Å². The largest absolute Gasteiger partial charge is 0.413 e. The molecular weight excluding hydrogens is 507 g/mol. The Kier molecular flexibility index (Phi) is 5.88. The van der Waals surface area contributed by atoms with E-state index in [9.17, 15) is 9.59 Å². The van der Waals surface area contributed by atoms with Gasteiger partial charge >= 0.3 is 0 Å². The highest BCUT2D eigenvalue weighted by Gasteiger charge is 2.52. The Hall–Kier alpha value is -2.82. The highest BCUT2D eigenvalue weighted by molar-refractivity contribution is 6.83. The minimum Gasteiger partial charge on any atom is -0.413 e. The molecule has 0 saturated heterocycles. The molecule has 0 unspecified atom stereocenters. The minimum absolute atomic E-state index is 0.0844. The topological polar surface area (TPSA) is 75.3 Å². The van der Waals surface area contributed by atoms with Crippen LogP contribution in [0, 0.1) is 0 Å². The molecule has 3 heterocycles. The van der Waals surface area contributed by atoms with Crippen LogP contribution in [0.5, 0.6) is 0 Å². The molecule has 4 aromatic rings. The number of imide groups is 1. The van der Waals surface area contributed by atoms with Crippen LogP contribution in [-0.2, 0) is 11.0 Å². The van der Waals surface area contributed by atoms with Crippen molar-refractivity contribution in [2.75, 3.05) is 0 Å². The summed E-state index contributed by atoms with van der Waals surface area (Å²) in [5.74, 6) is -0.380. The maximum atomic E-state index is 14.3. The zero-order chi connectivity index (χ0) is 28.0. The van der Waals surface area contributed by atoms with Crippen molar-refractivity contribution in [1.29, 1.82) is 0 Å². The molecular formula is C30H39N3O3Si2. The molecule has 8 heteroatoms. The summed E-state index contributed by atoms with van der Waals surface area (Å²) in [7, 11) is -4.49. The number of amides is 2. The molecule has 0 atom stereocenters. The van der Waals surface area contributed by atoms with Crippen molar-refractivity contribution >= 4 is 61.1 Å². The lowest BCUT2D eigenvalue weighted by Gasteiger charge is -2.42. The third kappa shape index (κ3) is 3.79. The Bertz CT molecular complexity index is 1640. The van der Waals surface area contributed by atoms with Crippen LogP contribution in [0.3, 0.4) is 0 Å². The minimum atomic E-state index is -2.51. The predicted octanol–water partition coefficient (Wildman–Crippen LogP) is 7.99. The maximum Gasteiger partial charge on any atom is 0.254 e. The number of hydrogen-bond acceptors (Lipinski definition) is 4. The molecule has 2 aromatic carbocycles. The number of aromatic amines is 1. The average molecular weight is 546 g/mol. The molecule has 2 aromatic heterocycles. The molecule has 200 valence electrons. The number of H-pyrrole nitrogens is 1. The number of benzene rings is 2. The average Bonchev–Trinajstić information content (AvgIpc) is 3.31. The first-order valence-corrected chi connectivity index (χ1v) is 19.2. The van der Waals surface area contributed by atoms with Crippen LogP contribution < -0.4 is 0 Å². The zero-order valence-electron chi connectivity index (χ0n) is 24.3. The number of nitrogens with one attached hydrogen (secondary N) is 1. The first-order chi connectivity index (χ1) is 17.5. The lowest BCUT2D eigenvalue weighted by atomic mass is 9.96. The van der Waals surface area contributed by atoms with E-state index < -0.39 is 16.6 Å². The third-order valence-corrected chi connectivity index (χ3v) is 19.0. The monoisotopic (exact) mass is 545 g/mol. The number of rotatable bonds is 4. The highest BCUT2D eigenvalue weighted by atomic mass is 28.4. The molecule has 0 aliphatic carbocycles. The number of carbonyl (C=O) groups is 2. The van der Waals surface area contributed by atoms with Gasteiger partial charge in [0.2, 0.25) is 0 Å². The fraction of sp³-hybridized carbons (Fsp3) is 0.433. The number of pyridine rings is 1. The van der Waals surface area contributed by atoms with Crippen LogP contribution in [-0.4, -0.2) is 42.9 Å². The van der Waals surface area contributed by atoms with E-state index in [0.717, 1.165) is 32.8 Å². The van der Waals surface area contributed by atoms with E-state index in [0.29, 0.717) is 23.3 Å². The van der Waals surface area contributed by atoms with Crippen molar-refractivity contribution < 1.29 is 14.0 Å². The molecule has 2 amide bonds. The molecule has 0 saturated carbocycles. The van der Waals surface area contributed by atoms with Crippen molar-refractivity contribution in [2.24, 2.45) is 0 Å². The summed E-state index contributed by atoms with van der Waals surface area (Å²) < 4.78 is 8.10. The second-order valence-electron chi connectivity index (χ2n) is 13.7. The fourth-order valence-corrected chi connectivity index (χ4v) is 7.76. The summed E-state index contributed by atoms with van der Waals surface area (Å²) in [6.07, 6.45) is 1.85. The Labute approximate surface area is 227 Å². The van der Waals surface area contributed by atoms with Crippen LogP contribution in [0.4, 0.5) is 0 Å². The summed E-state index contributed by atoms with van der Waals surface area (Å²) >= 11 is 0. The number of carbonyl (C=O) groups excluding carboxylic acids is 2. The number of fused-ring (bicyclic) bond motifs is 8. The smallest absolute Gasteiger partial charge is 0.254 e. The van der Waals surface area contributed by atoms with E-state index >= 15 is 0 Å². The van der Waals surface area contributed by atoms with Gasteiger partial charge in [0.1, 0.15) is 0 Å². The maximum absolute atomic E-state index is 14.3. The molecule has 0 bridgehead atoms. The quantitative estimate of drug-likeness (QED) is 0.208. The van der Waals surface area contributed by atoms with Crippen LogP contribution in [0.15, 0.2) is 36.5 Å². The Morgan fingerprint density at radius 1 is 0.895 bits per heavy atom. The van der Waals surface area contributed by atoms with Crippen LogP contribution in [0.25, 0.3) is 32.7 Å². The van der Waals surface area contributed by atoms with Gasteiger partial charge in [-0.05, 0) is 40.9 Å². The van der Waals surface area contributed by atoms with Gasteiger partial charge in [0.05, 0.1) is 28.8 Å². The SMILES string of the molecule is CC(C)(C)[Si](C)(C)OCc1cnc2c(c1)c1c(c3c4ccccc4[nH]c23)C(=O)N([Si](C)(C)C(C)(C)C)C1=O. The van der Waals surface area contributed by atoms with Crippen LogP contribution in [0.1, 0.15) is 67.8 Å². The van der Waals surface area contributed by atoms with E-state index in [-0.39, 0.29) is 21.9 Å². The Balaban J connectivity index is 1.78. The third-order valence-electron chi connectivity index (χ3n) is 9.29. The molecule has 0 fully saturated rings. The molecule has 0 radical (unpaired) electrons. The van der Waals surface area contributed by atoms with E-state index in [1.54, 1.807) is 4.57 Å². The van der Waals surface area contributed by atoms with Crippen molar-refractivity contribution in [3.8, 4) is 0 Å². The predicted molar refractivity (Wildman–Crippen MR) is 161 cm³/mol. The van der Waals surface area contributed by atoms with E-state index in [1.165, 1.54) is 0 Å². The van der Waals surface area contributed by atoms with Crippen LogP contribution >= 0.6 is 0 Å². The van der Waals surface area contributed by atoms with Crippen molar-refractivity contribution in [3.63, 3.8) is 0 Å². The summed E-state index contributed by atoms with van der Waals surface area (Å²) in [6.45, 7) is 22.1. The van der Waals surface area contributed by atoms with Crippen molar-refractivity contribution in [3.05, 3.63) is 53.2 Å². The molecule has 38 heavy (non-hydrogen) atoms. The zero-order valence-corrected chi connectivity index (χ0v) is 26.3. The Morgan fingerprint density at radius 3 is 2.16 bits per heavy atom. The van der Waals surface area contributed by atoms with Crippen molar-refractivity contribution in [1.82, 2.24) is 14.5 Å². The molecule has 1 N–H and O–H groups in total. The second-order valence-corrected chi connectivity index (χ2v) is 23.6. The van der Waals surface area contributed by atoms with E-state index in [4.69, 9.17) is 9.41 Å². The normalized spacial score (nSPS) is 15.4. The van der Waals surface area contributed by atoms with Gasteiger partial charge in [-0.3, -0.25) is 14.6 Å². The van der Waals surface area contributed by atoms with Gasteiger partial charge in [0.15, 0.2) is 16.6 Å². The van der Waals surface area contributed by atoms with E-state index in [2.05, 4.69) is 72.7 Å². The molecule has 5 rings (SSSR count). The number of nitrogens with zero attached hydrogens (tertiary/aromatic N) is 2. The van der Waals surface area contributed by atoms with Crippen molar-refractivity contribution in [2.45, 2.75) is 84.4 Å². The fourth-order valence-electron chi connectivity index (χ4n) is 4.89. The van der Waals surface area contributed by atoms with Gasteiger partial charge in [-0.15, -0.1) is 0 Å². The first-order valence-electron chi connectivity index (χ1n) is 13.4. The van der Waals surface area contributed by atoms with Gasteiger partial charge in [0, 0.05) is 27.9 Å². The first kappa shape index (κ1) is 26.8. The molecule has 1 aliphatic rings.